The van der Waals surface area contributed by atoms with Crippen molar-refractivity contribution >= 4 is 23.4 Å². The molecule has 0 aliphatic carbocycles. The molecule has 6 nitrogen and oxygen atoms in total. The monoisotopic (exact) mass is 257 g/mol. The molecule has 1 amide bonds. The summed E-state index contributed by atoms with van der Waals surface area (Å²) in [5.41, 5.74) is 6.30. The average Bonchev–Trinajstić information content (AvgIpc) is 2.39. The van der Waals surface area contributed by atoms with Crippen LogP contribution < -0.4 is 11.1 Å². The molecule has 1 aromatic heterocycles. The lowest BCUT2D eigenvalue weighted by atomic mass is 10.2. The first-order valence-corrected chi connectivity index (χ1v) is 5.43. The normalized spacial score (nSPS) is 9.89. The van der Waals surface area contributed by atoms with Crippen molar-refractivity contribution in [3.8, 4) is 0 Å². The highest BCUT2D eigenvalue weighted by molar-refractivity contribution is 6.07. The van der Waals surface area contributed by atoms with Crippen molar-refractivity contribution in [2.75, 3.05) is 11.1 Å². The number of hydrogen-bond donors (Lipinski definition) is 3. The predicted octanol–water partition coefficient (Wildman–Crippen LogP) is 1.61. The van der Waals surface area contributed by atoms with Gasteiger partial charge < -0.3 is 16.2 Å². The Hall–Kier alpha value is -2.89. The molecule has 0 saturated carbocycles. The predicted molar refractivity (Wildman–Crippen MR) is 70.0 cm³/mol. The summed E-state index contributed by atoms with van der Waals surface area (Å²) >= 11 is 0. The van der Waals surface area contributed by atoms with Crippen LogP contribution in [0.25, 0.3) is 0 Å². The van der Waals surface area contributed by atoms with Gasteiger partial charge in [-0.25, -0.2) is 9.78 Å². The second-order valence-corrected chi connectivity index (χ2v) is 3.78. The summed E-state index contributed by atoms with van der Waals surface area (Å²) in [7, 11) is 0. The van der Waals surface area contributed by atoms with E-state index in [-0.39, 0.29) is 16.9 Å². The Morgan fingerprint density at radius 1 is 1.21 bits per heavy atom. The number of pyridine rings is 1. The van der Waals surface area contributed by atoms with E-state index in [4.69, 9.17) is 10.8 Å². The highest BCUT2D eigenvalue weighted by atomic mass is 16.4. The quantitative estimate of drug-likeness (QED) is 0.774. The number of nitrogens with zero attached hydrogens (tertiary/aromatic N) is 1. The molecule has 19 heavy (non-hydrogen) atoms. The first kappa shape index (κ1) is 12.6. The Labute approximate surface area is 108 Å². The standard InChI is InChI=1S/C13H11N3O3/c14-11-10(5-2-6-15-11)12(17)16-9-4-1-3-8(7-9)13(18)19/h1-7H,(H2,14,15)(H,16,17)(H,18,19). The molecule has 2 rings (SSSR count). The van der Waals surface area contributed by atoms with Crippen molar-refractivity contribution < 1.29 is 14.7 Å². The van der Waals surface area contributed by atoms with Gasteiger partial charge in [-0.1, -0.05) is 6.07 Å². The third kappa shape index (κ3) is 2.86. The Morgan fingerprint density at radius 3 is 2.68 bits per heavy atom. The number of aromatic carboxylic acids is 1. The molecule has 1 aromatic carbocycles. The number of carboxylic acids is 1. The summed E-state index contributed by atoms with van der Waals surface area (Å²) in [6.45, 7) is 0. The van der Waals surface area contributed by atoms with Crippen LogP contribution in [0.1, 0.15) is 20.7 Å². The highest BCUT2D eigenvalue weighted by Gasteiger charge is 2.11. The second kappa shape index (κ2) is 5.18. The van der Waals surface area contributed by atoms with Crippen LogP contribution in [-0.4, -0.2) is 22.0 Å². The van der Waals surface area contributed by atoms with Gasteiger partial charge in [-0.3, -0.25) is 4.79 Å². The van der Waals surface area contributed by atoms with Crippen molar-refractivity contribution in [1.29, 1.82) is 0 Å². The van der Waals surface area contributed by atoms with E-state index in [1.165, 1.54) is 18.3 Å². The molecule has 0 fully saturated rings. The molecule has 0 radical (unpaired) electrons. The number of anilines is 2. The molecule has 2 aromatic rings. The van der Waals surface area contributed by atoms with Crippen molar-refractivity contribution in [2.24, 2.45) is 0 Å². The SMILES string of the molecule is Nc1ncccc1C(=O)Nc1cccc(C(=O)O)c1. The number of benzene rings is 1. The Kier molecular flexibility index (Phi) is 3.42. The van der Waals surface area contributed by atoms with E-state index >= 15 is 0 Å². The Balaban J connectivity index is 2.22. The van der Waals surface area contributed by atoms with Gasteiger partial charge in [0.15, 0.2) is 0 Å². The highest BCUT2D eigenvalue weighted by Crippen LogP contribution is 2.14. The van der Waals surface area contributed by atoms with Gasteiger partial charge in [-0.05, 0) is 30.3 Å². The minimum Gasteiger partial charge on any atom is -0.478 e. The zero-order valence-electron chi connectivity index (χ0n) is 9.83. The zero-order chi connectivity index (χ0) is 13.8. The van der Waals surface area contributed by atoms with Crippen LogP contribution in [0.3, 0.4) is 0 Å². The molecule has 1 heterocycles. The fraction of sp³-hybridized carbons (Fsp3) is 0. The zero-order valence-corrected chi connectivity index (χ0v) is 9.83. The number of nitrogen functional groups attached to an aromatic ring is 1. The van der Waals surface area contributed by atoms with E-state index in [9.17, 15) is 9.59 Å². The van der Waals surface area contributed by atoms with Crippen LogP contribution in [0, 0.1) is 0 Å². The van der Waals surface area contributed by atoms with Gasteiger partial charge >= 0.3 is 5.97 Å². The summed E-state index contributed by atoms with van der Waals surface area (Å²) in [6, 6.07) is 9.09. The molecule has 0 aliphatic heterocycles. The second-order valence-electron chi connectivity index (χ2n) is 3.78. The maximum Gasteiger partial charge on any atom is 0.335 e. The van der Waals surface area contributed by atoms with Gasteiger partial charge in [0.1, 0.15) is 5.82 Å². The van der Waals surface area contributed by atoms with Gasteiger partial charge in [0, 0.05) is 11.9 Å². The molecule has 0 unspecified atom stereocenters. The first-order chi connectivity index (χ1) is 9.08. The molecular formula is C13H11N3O3. The Morgan fingerprint density at radius 2 is 2.00 bits per heavy atom. The smallest absolute Gasteiger partial charge is 0.335 e. The number of hydrogen-bond acceptors (Lipinski definition) is 4. The maximum atomic E-state index is 11.9. The number of carbonyl (C=O) groups is 2. The lowest BCUT2D eigenvalue weighted by Gasteiger charge is -2.07. The first-order valence-electron chi connectivity index (χ1n) is 5.43. The van der Waals surface area contributed by atoms with Crippen LogP contribution in [0.2, 0.25) is 0 Å². The summed E-state index contributed by atoms with van der Waals surface area (Å²) in [5.74, 6) is -1.38. The van der Waals surface area contributed by atoms with Crippen LogP contribution in [0.5, 0.6) is 0 Å². The minimum atomic E-state index is -1.06. The fourth-order valence-electron chi connectivity index (χ4n) is 1.54. The minimum absolute atomic E-state index is 0.0944. The van der Waals surface area contributed by atoms with Gasteiger partial charge in [0.05, 0.1) is 11.1 Å². The van der Waals surface area contributed by atoms with E-state index in [0.29, 0.717) is 5.69 Å². The number of carboxylic acid groups (broad SMARTS) is 1. The number of nitrogens with two attached hydrogens (primary N) is 1. The molecule has 0 bridgehead atoms. The van der Waals surface area contributed by atoms with Gasteiger partial charge in [-0.2, -0.15) is 0 Å². The molecule has 4 N–H and O–H groups in total. The van der Waals surface area contributed by atoms with E-state index in [1.807, 2.05) is 0 Å². The van der Waals surface area contributed by atoms with E-state index in [2.05, 4.69) is 10.3 Å². The van der Waals surface area contributed by atoms with Crippen molar-refractivity contribution in [2.45, 2.75) is 0 Å². The van der Waals surface area contributed by atoms with Crippen molar-refractivity contribution in [3.63, 3.8) is 0 Å². The largest absolute Gasteiger partial charge is 0.478 e. The van der Waals surface area contributed by atoms with Gasteiger partial charge in [-0.15, -0.1) is 0 Å². The average molecular weight is 257 g/mol. The van der Waals surface area contributed by atoms with Crippen LogP contribution >= 0.6 is 0 Å². The summed E-state index contributed by atoms with van der Waals surface area (Å²) < 4.78 is 0. The van der Waals surface area contributed by atoms with Crippen molar-refractivity contribution in [3.05, 3.63) is 53.7 Å². The number of rotatable bonds is 3. The topological polar surface area (TPSA) is 105 Å². The van der Waals surface area contributed by atoms with Crippen LogP contribution in [0.15, 0.2) is 42.6 Å². The lowest BCUT2D eigenvalue weighted by Crippen LogP contribution is -2.15. The molecule has 0 aliphatic rings. The lowest BCUT2D eigenvalue weighted by molar-refractivity contribution is 0.0696. The van der Waals surface area contributed by atoms with Crippen LogP contribution in [0.4, 0.5) is 11.5 Å². The molecule has 0 spiro atoms. The summed E-state index contributed by atoms with van der Waals surface area (Å²) in [5, 5.41) is 11.4. The third-order valence-corrected chi connectivity index (χ3v) is 2.45. The van der Waals surface area contributed by atoms with E-state index in [0.717, 1.165) is 0 Å². The number of nitrogens with one attached hydrogen (secondary N) is 1. The van der Waals surface area contributed by atoms with E-state index in [1.54, 1.807) is 24.3 Å². The summed E-state index contributed by atoms with van der Waals surface area (Å²) in [4.78, 5) is 26.6. The van der Waals surface area contributed by atoms with E-state index < -0.39 is 11.9 Å². The third-order valence-electron chi connectivity index (χ3n) is 2.45. The van der Waals surface area contributed by atoms with Crippen molar-refractivity contribution in [1.82, 2.24) is 4.98 Å². The number of amides is 1. The molecule has 6 heteroatoms. The fourth-order valence-corrected chi connectivity index (χ4v) is 1.54. The number of aromatic nitrogens is 1. The molecule has 0 saturated heterocycles. The van der Waals surface area contributed by atoms with Crippen LogP contribution in [-0.2, 0) is 0 Å². The molecule has 96 valence electrons. The summed E-state index contributed by atoms with van der Waals surface area (Å²) in [6.07, 6.45) is 1.48. The maximum absolute atomic E-state index is 11.9. The van der Waals surface area contributed by atoms with Gasteiger partial charge in [0.25, 0.3) is 5.91 Å². The Bertz CT molecular complexity index is 641. The van der Waals surface area contributed by atoms with Gasteiger partial charge in [0.2, 0.25) is 0 Å². The number of carbonyl (C=O) groups excluding carboxylic acids is 1. The molecule has 0 atom stereocenters. The molecular weight excluding hydrogens is 246 g/mol.